The van der Waals surface area contributed by atoms with Gasteiger partial charge >= 0.3 is 0 Å². The Bertz CT molecular complexity index is 1290. The number of anilines is 2. The summed E-state index contributed by atoms with van der Waals surface area (Å²) in [6.07, 6.45) is 0. The van der Waals surface area contributed by atoms with Gasteiger partial charge in [0.2, 0.25) is 0 Å². The minimum absolute atomic E-state index is 0.112. The molecule has 0 bridgehead atoms. The molecule has 3 aromatic carbocycles. The highest BCUT2D eigenvalue weighted by atomic mass is 32.1. The molecule has 1 aliphatic heterocycles. The first kappa shape index (κ1) is 24.2. The van der Waals surface area contributed by atoms with E-state index in [0.29, 0.717) is 28.6 Å². The molecule has 1 unspecified atom stereocenters. The molecule has 1 amide bonds. The van der Waals surface area contributed by atoms with E-state index >= 15 is 0 Å². The number of nitrogens with one attached hydrogen (secondary N) is 2. The van der Waals surface area contributed by atoms with Crippen LogP contribution < -0.4 is 25.0 Å². The van der Waals surface area contributed by atoms with Crippen molar-refractivity contribution >= 4 is 34.6 Å². The lowest BCUT2D eigenvalue weighted by Crippen LogP contribution is -2.49. The molecule has 1 aliphatic rings. The molecule has 0 fully saturated rings. The van der Waals surface area contributed by atoms with Crippen molar-refractivity contribution in [1.82, 2.24) is 5.32 Å². The quantitative estimate of drug-likeness (QED) is 0.451. The van der Waals surface area contributed by atoms with Crippen LogP contribution in [0.3, 0.4) is 0 Å². The van der Waals surface area contributed by atoms with Crippen LogP contribution in [0.1, 0.15) is 18.5 Å². The van der Waals surface area contributed by atoms with Crippen molar-refractivity contribution in [2.24, 2.45) is 0 Å². The van der Waals surface area contributed by atoms with Gasteiger partial charge in [0.1, 0.15) is 23.1 Å². The number of hydrogen-bond acceptors (Lipinski definition) is 4. The minimum atomic E-state index is -1.15. The topological polar surface area (TPSA) is 62.8 Å². The Morgan fingerprint density at radius 1 is 0.971 bits per heavy atom. The number of carbonyl (C=O) groups is 1. The standard InChI is InChI=1S/C26H23F2N3O3S/c1-15-22(25(32)29-16-6-4-7-19(14-16)34-3)24(23-20(27)8-5-9-21(23)28)30-26(35)31(15)17-10-12-18(33-2)13-11-17/h4-14,24H,1-3H3,(H,29,32)(H,30,35). The van der Waals surface area contributed by atoms with Crippen molar-refractivity contribution in [2.45, 2.75) is 13.0 Å². The first-order valence-electron chi connectivity index (χ1n) is 10.7. The van der Waals surface area contributed by atoms with Gasteiger partial charge in [-0.05, 0) is 67.7 Å². The fourth-order valence-corrected chi connectivity index (χ4v) is 4.34. The van der Waals surface area contributed by atoms with Gasteiger partial charge in [-0.15, -0.1) is 0 Å². The zero-order chi connectivity index (χ0) is 25.1. The molecule has 35 heavy (non-hydrogen) atoms. The van der Waals surface area contributed by atoms with Crippen molar-refractivity contribution in [3.05, 3.63) is 95.2 Å². The molecule has 180 valence electrons. The van der Waals surface area contributed by atoms with Crippen molar-refractivity contribution in [2.75, 3.05) is 24.4 Å². The second kappa shape index (κ2) is 10.1. The van der Waals surface area contributed by atoms with Gasteiger partial charge in [0.25, 0.3) is 5.91 Å². The van der Waals surface area contributed by atoms with Crippen LogP contribution in [-0.4, -0.2) is 25.2 Å². The second-order valence-electron chi connectivity index (χ2n) is 7.74. The van der Waals surface area contributed by atoms with Gasteiger partial charge in [-0.25, -0.2) is 8.78 Å². The maximum atomic E-state index is 14.8. The van der Waals surface area contributed by atoms with E-state index in [9.17, 15) is 13.6 Å². The number of allylic oxidation sites excluding steroid dienone is 1. The third-order valence-corrected chi connectivity index (χ3v) is 5.98. The Kier molecular flexibility index (Phi) is 6.97. The number of nitrogens with zero attached hydrogens (tertiary/aromatic N) is 1. The van der Waals surface area contributed by atoms with E-state index in [1.165, 1.54) is 13.2 Å². The van der Waals surface area contributed by atoms with Gasteiger partial charge < -0.3 is 20.1 Å². The van der Waals surface area contributed by atoms with Crippen LogP contribution >= 0.6 is 12.2 Å². The Morgan fingerprint density at radius 2 is 1.60 bits per heavy atom. The van der Waals surface area contributed by atoms with E-state index in [2.05, 4.69) is 10.6 Å². The summed E-state index contributed by atoms with van der Waals surface area (Å²) in [5.74, 6) is -0.927. The van der Waals surface area contributed by atoms with Crippen LogP contribution in [0.4, 0.5) is 20.2 Å². The largest absolute Gasteiger partial charge is 0.497 e. The molecule has 1 atom stereocenters. The van der Waals surface area contributed by atoms with E-state index in [4.69, 9.17) is 21.7 Å². The summed E-state index contributed by atoms with van der Waals surface area (Å²) in [6, 6.07) is 16.3. The van der Waals surface area contributed by atoms with Crippen LogP contribution in [0.25, 0.3) is 0 Å². The van der Waals surface area contributed by atoms with Crippen molar-refractivity contribution in [1.29, 1.82) is 0 Å². The van der Waals surface area contributed by atoms with Crippen LogP contribution in [0.15, 0.2) is 78.0 Å². The number of rotatable bonds is 6. The van der Waals surface area contributed by atoms with E-state index in [0.717, 1.165) is 12.1 Å². The van der Waals surface area contributed by atoms with E-state index in [-0.39, 0.29) is 16.2 Å². The Morgan fingerprint density at radius 3 is 2.23 bits per heavy atom. The number of ether oxygens (including phenoxy) is 2. The molecule has 1 heterocycles. The van der Waals surface area contributed by atoms with Gasteiger partial charge in [-0.3, -0.25) is 9.69 Å². The molecule has 3 aromatic rings. The number of benzene rings is 3. The van der Waals surface area contributed by atoms with Gasteiger partial charge in [0.05, 0.1) is 31.4 Å². The lowest BCUT2D eigenvalue weighted by atomic mass is 9.93. The van der Waals surface area contributed by atoms with Crippen LogP contribution in [-0.2, 0) is 4.79 Å². The highest BCUT2D eigenvalue weighted by Gasteiger charge is 2.37. The summed E-state index contributed by atoms with van der Waals surface area (Å²) in [5, 5.41) is 5.97. The van der Waals surface area contributed by atoms with Crippen molar-refractivity contribution < 1.29 is 23.0 Å². The average molecular weight is 496 g/mol. The maximum absolute atomic E-state index is 14.8. The zero-order valence-corrected chi connectivity index (χ0v) is 20.1. The summed E-state index contributed by atoms with van der Waals surface area (Å²) in [4.78, 5) is 15.2. The van der Waals surface area contributed by atoms with Gasteiger partial charge in [0, 0.05) is 23.1 Å². The summed E-state index contributed by atoms with van der Waals surface area (Å²) in [7, 11) is 3.07. The molecular formula is C26H23F2N3O3S. The Balaban J connectivity index is 1.83. The summed E-state index contributed by atoms with van der Waals surface area (Å²) >= 11 is 5.57. The van der Waals surface area contributed by atoms with E-state index in [1.807, 2.05) is 0 Å². The monoisotopic (exact) mass is 495 g/mol. The van der Waals surface area contributed by atoms with Gasteiger partial charge in [-0.1, -0.05) is 12.1 Å². The first-order valence-corrected chi connectivity index (χ1v) is 11.1. The molecule has 0 radical (unpaired) electrons. The molecule has 9 heteroatoms. The van der Waals surface area contributed by atoms with Crippen molar-refractivity contribution in [3.63, 3.8) is 0 Å². The van der Waals surface area contributed by atoms with E-state index in [1.54, 1.807) is 67.5 Å². The second-order valence-corrected chi connectivity index (χ2v) is 8.12. The SMILES string of the molecule is COc1ccc(N2C(=S)NC(c3c(F)cccc3F)C(C(=O)Nc3cccc(OC)c3)=C2C)cc1. The van der Waals surface area contributed by atoms with Gasteiger partial charge in [0.15, 0.2) is 5.11 Å². The molecule has 6 nitrogen and oxygen atoms in total. The lowest BCUT2D eigenvalue weighted by Gasteiger charge is -2.38. The van der Waals surface area contributed by atoms with Crippen molar-refractivity contribution in [3.8, 4) is 11.5 Å². The molecule has 0 aromatic heterocycles. The van der Waals surface area contributed by atoms with E-state index < -0.39 is 23.6 Å². The average Bonchev–Trinajstić information content (AvgIpc) is 2.84. The number of halogens is 2. The normalized spacial score (nSPS) is 15.5. The number of thiocarbonyl (C=S) groups is 1. The predicted octanol–water partition coefficient (Wildman–Crippen LogP) is 5.33. The summed E-state index contributed by atoms with van der Waals surface area (Å²) in [6.45, 7) is 1.68. The fourth-order valence-electron chi connectivity index (χ4n) is 3.98. The Hall–Kier alpha value is -3.98. The highest BCUT2D eigenvalue weighted by Crippen LogP contribution is 2.36. The number of methoxy groups -OCH3 is 2. The molecular weight excluding hydrogens is 472 g/mol. The third kappa shape index (κ3) is 4.81. The summed E-state index contributed by atoms with van der Waals surface area (Å²) < 4.78 is 40.1. The third-order valence-electron chi connectivity index (χ3n) is 5.68. The van der Waals surface area contributed by atoms with Crippen LogP contribution in [0.5, 0.6) is 11.5 Å². The smallest absolute Gasteiger partial charge is 0.255 e. The minimum Gasteiger partial charge on any atom is -0.497 e. The molecule has 2 N–H and O–H groups in total. The van der Waals surface area contributed by atoms with Crippen LogP contribution in [0.2, 0.25) is 0 Å². The van der Waals surface area contributed by atoms with Crippen LogP contribution in [0, 0.1) is 11.6 Å². The predicted molar refractivity (Wildman–Crippen MR) is 135 cm³/mol. The molecule has 0 saturated carbocycles. The summed E-state index contributed by atoms with van der Waals surface area (Å²) in [5.41, 5.74) is 1.36. The number of carbonyl (C=O) groups excluding carboxylic acids is 1. The van der Waals surface area contributed by atoms with Gasteiger partial charge in [-0.2, -0.15) is 0 Å². The molecule has 4 rings (SSSR count). The molecule has 0 aliphatic carbocycles. The highest BCUT2D eigenvalue weighted by molar-refractivity contribution is 7.80. The Labute approximate surface area is 207 Å². The zero-order valence-electron chi connectivity index (χ0n) is 19.3. The molecule has 0 spiro atoms. The first-order chi connectivity index (χ1) is 16.8. The lowest BCUT2D eigenvalue weighted by molar-refractivity contribution is -0.113. The number of amides is 1. The fraction of sp³-hybridized carbons (Fsp3) is 0.154. The number of hydrogen-bond donors (Lipinski definition) is 2. The molecule has 0 saturated heterocycles. The maximum Gasteiger partial charge on any atom is 0.255 e.